The van der Waals surface area contributed by atoms with Crippen LogP contribution in [0.3, 0.4) is 0 Å². The second-order valence-corrected chi connectivity index (χ2v) is 5.95. The summed E-state index contributed by atoms with van der Waals surface area (Å²) in [5, 5.41) is 13.1. The first-order valence-corrected chi connectivity index (χ1v) is 7.70. The van der Waals surface area contributed by atoms with Crippen molar-refractivity contribution in [3.05, 3.63) is 36.0 Å². The first-order valence-electron chi connectivity index (χ1n) is 7.70. The average molecular weight is 300 g/mol. The largest absolute Gasteiger partial charge is 0.481 e. The van der Waals surface area contributed by atoms with Crippen LogP contribution in [0.1, 0.15) is 24.8 Å². The van der Waals surface area contributed by atoms with Gasteiger partial charge in [-0.05, 0) is 37.3 Å². The van der Waals surface area contributed by atoms with Crippen molar-refractivity contribution in [1.29, 1.82) is 0 Å². The lowest BCUT2D eigenvalue weighted by atomic mass is 10.0. The van der Waals surface area contributed by atoms with Crippen molar-refractivity contribution in [2.45, 2.75) is 25.7 Å². The fourth-order valence-electron chi connectivity index (χ4n) is 3.25. The predicted molar refractivity (Wildman–Crippen MR) is 83.5 cm³/mol. The number of hydrogen-bond donors (Lipinski definition) is 3. The number of H-pyrrole nitrogens is 1. The number of carbonyl (C=O) groups excluding carboxylic acids is 1. The third-order valence-electron chi connectivity index (χ3n) is 4.52. The van der Waals surface area contributed by atoms with Gasteiger partial charge in [-0.2, -0.15) is 0 Å². The molecule has 22 heavy (non-hydrogen) atoms. The normalized spacial score (nSPS) is 21.1. The number of aromatic amines is 1. The van der Waals surface area contributed by atoms with E-state index in [1.165, 1.54) is 10.9 Å². The van der Waals surface area contributed by atoms with Crippen LogP contribution in [-0.4, -0.2) is 28.5 Å². The third kappa shape index (κ3) is 2.98. The van der Waals surface area contributed by atoms with E-state index in [2.05, 4.69) is 16.4 Å². The van der Waals surface area contributed by atoms with Crippen LogP contribution in [0, 0.1) is 11.8 Å². The number of carbonyl (C=O) groups is 2. The van der Waals surface area contributed by atoms with Gasteiger partial charge in [-0.3, -0.25) is 9.59 Å². The van der Waals surface area contributed by atoms with E-state index in [0.717, 1.165) is 11.9 Å². The summed E-state index contributed by atoms with van der Waals surface area (Å²) in [7, 11) is 0. The van der Waals surface area contributed by atoms with Gasteiger partial charge < -0.3 is 15.4 Å². The summed E-state index contributed by atoms with van der Waals surface area (Å²) in [5.41, 5.74) is 2.29. The fraction of sp³-hybridized carbons (Fsp3) is 0.412. The number of amides is 1. The number of para-hydroxylation sites is 1. The zero-order chi connectivity index (χ0) is 15.5. The molecule has 1 aromatic carbocycles. The van der Waals surface area contributed by atoms with E-state index in [0.29, 0.717) is 25.8 Å². The number of aromatic nitrogens is 1. The van der Waals surface area contributed by atoms with E-state index in [1.54, 1.807) is 0 Å². The fourth-order valence-corrected chi connectivity index (χ4v) is 3.25. The Hall–Kier alpha value is -2.30. The van der Waals surface area contributed by atoms with Crippen LogP contribution >= 0.6 is 0 Å². The molecule has 3 N–H and O–H groups in total. The Morgan fingerprint density at radius 3 is 2.77 bits per heavy atom. The number of fused-ring (bicyclic) bond motifs is 1. The van der Waals surface area contributed by atoms with E-state index in [1.807, 2.05) is 24.4 Å². The van der Waals surface area contributed by atoms with Crippen molar-refractivity contribution < 1.29 is 14.7 Å². The van der Waals surface area contributed by atoms with E-state index in [9.17, 15) is 9.59 Å². The molecule has 2 atom stereocenters. The molecule has 1 aliphatic rings. The maximum Gasteiger partial charge on any atom is 0.306 e. The summed E-state index contributed by atoms with van der Waals surface area (Å²) in [6.45, 7) is 0.578. The van der Waals surface area contributed by atoms with E-state index >= 15 is 0 Å². The van der Waals surface area contributed by atoms with Crippen molar-refractivity contribution in [3.63, 3.8) is 0 Å². The number of nitrogens with one attached hydrogen (secondary N) is 2. The van der Waals surface area contributed by atoms with Gasteiger partial charge in [-0.15, -0.1) is 0 Å². The molecule has 0 bridgehead atoms. The SMILES string of the molecule is O=C(O)[C@@H]1CC[C@H](C(=O)NCCc2c[nH]c3ccccc23)C1. The first kappa shape index (κ1) is 14.6. The molecule has 5 nitrogen and oxygen atoms in total. The van der Waals surface area contributed by atoms with Crippen LogP contribution in [0.25, 0.3) is 10.9 Å². The second kappa shape index (κ2) is 6.22. The molecule has 1 heterocycles. The number of carboxylic acids is 1. The number of rotatable bonds is 5. The molecular weight excluding hydrogens is 280 g/mol. The van der Waals surface area contributed by atoms with Crippen LogP contribution in [-0.2, 0) is 16.0 Å². The molecule has 1 aromatic heterocycles. The van der Waals surface area contributed by atoms with Gasteiger partial charge in [0.2, 0.25) is 5.91 Å². The molecule has 0 saturated heterocycles. The van der Waals surface area contributed by atoms with E-state index in [-0.39, 0.29) is 17.7 Å². The van der Waals surface area contributed by atoms with Crippen molar-refractivity contribution in [1.82, 2.24) is 10.3 Å². The minimum Gasteiger partial charge on any atom is -0.481 e. The molecule has 1 saturated carbocycles. The molecule has 1 aliphatic carbocycles. The quantitative estimate of drug-likeness (QED) is 0.792. The van der Waals surface area contributed by atoms with Crippen molar-refractivity contribution in [2.24, 2.45) is 11.8 Å². The van der Waals surface area contributed by atoms with E-state index in [4.69, 9.17) is 5.11 Å². The van der Waals surface area contributed by atoms with Crippen molar-refractivity contribution >= 4 is 22.8 Å². The Kier molecular flexibility index (Phi) is 4.13. The van der Waals surface area contributed by atoms with Gasteiger partial charge in [-0.1, -0.05) is 18.2 Å². The molecule has 0 unspecified atom stereocenters. The maximum absolute atomic E-state index is 12.1. The minimum atomic E-state index is -0.783. The number of benzene rings is 1. The summed E-state index contributed by atoms with van der Waals surface area (Å²) in [5.74, 6) is -1.30. The van der Waals surface area contributed by atoms with Crippen LogP contribution in [0.4, 0.5) is 0 Å². The molecule has 0 spiro atoms. The Balaban J connectivity index is 1.51. The van der Waals surface area contributed by atoms with Gasteiger partial charge in [0, 0.05) is 29.6 Å². The van der Waals surface area contributed by atoms with Crippen molar-refractivity contribution in [3.8, 4) is 0 Å². The minimum absolute atomic E-state index is 0.0106. The summed E-state index contributed by atoms with van der Waals surface area (Å²) in [4.78, 5) is 26.2. The highest BCUT2D eigenvalue weighted by Gasteiger charge is 2.33. The molecule has 1 amide bonds. The van der Waals surface area contributed by atoms with Crippen molar-refractivity contribution in [2.75, 3.05) is 6.54 Å². The lowest BCUT2D eigenvalue weighted by Crippen LogP contribution is -2.31. The van der Waals surface area contributed by atoms with Gasteiger partial charge in [0.05, 0.1) is 5.92 Å². The molecular formula is C17H20N2O3. The summed E-state index contributed by atoms with van der Waals surface area (Å²) in [6.07, 6.45) is 4.50. The number of aliphatic carboxylic acids is 1. The maximum atomic E-state index is 12.1. The zero-order valence-electron chi connectivity index (χ0n) is 12.3. The van der Waals surface area contributed by atoms with Crippen LogP contribution in [0.5, 0.6) is 0 Å². The predicted octanol–water partition coefficient (Wildman–Crippen LogP) is 2.33. The lowest BCUT2D eigenvalue weighted by Gasteiger charge is -2.10. The second-order valence-electron chi connectivity index (χ2n) is 5.95. The summed E-state index contributed by atoms with van der Waals surface area (Å²) >= 11 is 0. The summed E-state index contributed by atoms with van der Waals surface area (Å²) in [6, 6.07) is 8.09. The Morgan fingerprint density at radius 1 is 1.23 bits per heavy atom. The highest BCUT2D eigenvalue weighted by atomic mass is 16.4. The third-order valence-corrected chi connectivity index (χ3v) is 4.52. The average Bonchev–Trinajstić information content (AvgIpc) is 3.14. The standard InChI is InChI=1S/C17H20N2O3/c20-16(11-5-6-12(9-11)17(21)22)18-8-7-13-10-19-15-4-2-1-3-14(13)15/h1-4,10-12,19H,5-9H2,(H,18,20)(H,21,22)/t11-,12+/m0/s1. The van der Waals surface area contributed by atoms with E-state index < -0.39 is 5.97 Å². The van der Waals surface area contributed by atoms with Crippen LogP contribution < -0.4 is 5.32 Å². The van der Waals surface area contributed by atoms with Crippen LogP contribution in [0.2, 0.25) is 0 Å². The first-order chi connectivity index (χ1) is 10.6. The Morgan fingerprint density at radius 2 is 2.00 bits per heavy atom. The highest BCUT2D eigenvalue weighted by Crippen LogP contribution is 2.31. The van der Waals surface area contributed by atoms with Gasteiger partial charge in [-0.25, -0.2) is 0 Å². The number of hydrogen-bond acceptors (Lipinski definition) is 2. The molecule has 0 radical (unpaired) electrons. The highest BCUT2D eigenvalue weighted by molar-refractivity contribution is 5.83. The molecule has 0 aliphatic heterocycles. The molecule has 116 valence electrons. The smallest absolute Gasteiger partial charge is 0.306 e. The number of carboxylic acid groups (broad SMARTS) is 1. The Labute approximate surface area is 128 Å². The van der Waals surface area contributed by atoms with Gasteiger partial charge >= 0.3 is 5.97 Å². The van der Waals surface area contributed by atoms with Gasteiger partial charge in [0.1, 0.15) is 0 Å². The topological polar surface area (TPSA) is 82.2 Å². The lowest BCUT2D eigenvalue weighted by molar-refractivity contribution is -0.141. The molecule has 1 fully saturated rings. The monoisotopic (exact) mass is 300 g/mol. The Bertz CT molecular complexity index is 692. The van der Waals surface area contributed by atoms with Gasteiger partial charge in [0.15, 0.2) is 0 Å². The molecule has 2 aromatic rings. The van der Waals surface area contributed by atoms with Gasteiger partial charge in [0.25, 0.3) is 0 Å². The zero-order valence-corrected chi connectivity index (χ0v) is 12.3. The van der Waals surface area contributed by atoms with Crippen LogP contribution in [0.15, 0.2) is 30.5 Å². The summed E-state index contributed by atoms with van der Waals surface area (Å²) < 4.78 is 0. The molecule has 5 heteroatoms. The molecule has 3 rings (SSSR count).